The number of amides is 3. The first kappa shape index (κ1) is 19.4. The second-order valence-corrected chi connectivity index (χ2v) is 8.86. The van der Waals surface area contributed by atoms with E-state index >= 15 is 0 Å². The van der Waals surface area contributed by atoms with Crippen LogP contribution in [0.4, 0.5) is 4.79 Å². The fraction of sp³-hybridized carbons (Fsp3) is 0.591. The Morgan fingerprint density at radius 1 is 1.07 bits per heavy atom. The van der Waals surface area contributed by atoms with Crippen molar-refractivity contribution >= 4 is 17.9 Å². The van der Waals surface area contributed by atoms with Crippen LogP contribution in [0.3, 0.4) is 0 Å². The first-order valence-corrected chi connectivity index (χ1v) is 10.8. The van der Waals surface area contributed by atoms with Crippen molar-refractivity contribution < 1.29 is 24.2 Å². The topological polar surface area (TPSA) is 102 Å². The summed E-state index contributed by atoms with van der Waals surface area (Å²) in [5.74, 6) is 0.0237. The number of carbonyl (C=O) groups excluding carboxylic acids is 2. The Bertz CT molecular complexity index is 846. The van der Waals surface area contributed by atoms with Crippen molar-refractivity contribution in [3.05, 3.63) is 35.9 Å². The molecule has 4 fully saturated rings. The van der Waals surface area contributed by atoms with Crippen molar-refractivity contribution in [3.8, 4) is 0 Å². The van der Waals surface area contributed by atoms with Gasteiger partial charge in [-0.2, -0.15) is 0 Å². The van der Waals surface area contributed by atoms with Gasteiger partial charge >= 0.3 is 6.09 Å². The Labute approximate surface area is 175 Å². The molecule has 0 aromatic heterocycles. The van der Waals surface area contributed by atoms with Gasteiger partial charge in [0.05, 0.1) is 12.2 Å². The number of fused-ring (bicyclic) bond motifs is 2. The molecule has 5 rings (SSSR count). The van der Waals surface area contributed by atoms with Crippen LogP contribution in [-0.4, -0.2) is 76.2 Å². The summed E-state index contributed by atoms with van der Waals surface area (Å²) in [5, 5.41) is 11.5. The van der Waals surface area contributed by atoms with Crippen LogP contribution >= 0.6 is 0 Å². The Morgan fingerprint density at radius 3 is 2.60 bits per heavy atom. The number of nitrogens with one attached hydrogen (secondary N) is 1. The number of rotatable bonds is 3. The molecule has 0 saturated carbocycles. The molecule has 30 heavy (non-hydrogen) atoms. The maximum atomic E-state index is 13.4. The Kier molecular flexibility index (Phi) is 4.89. The van der Waals surface area contributed by atoms with Crippen LogP contribution in [0.5, 0.6) is 0 Å². The van der Waals surface area contributed by atoms with E-state index in [1.807, 2.05) is 23.1 Å². The maximum Gasteiger partial charge on any atom is 0.405 e. The van der Waals surface area contributed by atoms with E-state index in [-0.39, 0.29) is 30.1 Å². The van der Waals surface area contributed by atoms with E-state index < -0.39 is 18.2 Å². The molecule has 4 heterocycles. The fourth-order valence-corrected chi connectivity index (χ4v) is 5.50. The highest BCUT2D eigenvalue weighted by molar-refractivity contribution is 5.92. The molecule has 1 unspecified atom stereocenters. The summed E-state index contributed by atoms with van der Waals surface area (Å²) in [5.41, 5.74) is 1.24. The van der Waals surface area contributed by atoms with Crippen LogP contribution in [0, 0.1) is 0 Å². The van der Waals surface area contributed by atoms with Gasteiger partial charge in [-0.1, -0.05) is 30.3 Å². The van der Waals surface area contributed by atoms with Gasteiger partial charge < -0.3 is 25.0 Å². The summed E-state index contributed by atoms with van der Waals surface area (Å²) in [6, 6.07) is 8.79. The molecule has 0 radical (unpaired) electrons. The average molecular weight is 413 g/mol. The lowest BCUT2D eigenvalue weighted by Gasteiger charge is -2.35. The van der Waals surface area contributed by atoms with Crippen molar-refractivity contribution in [3.63, 3.8) is 0 Å². The molecule has 0 bridgehead atoms. The fourth-order valence-electron chi connectivity index (χ4n) is 5.50. The Morgan fingerprint density at radius 2 is 1.83 bits per heavy atom. The third-order valence-corrected chi connectivity index (χ3v) is 7.07. The minimum absolute atomic E-state index is 0.00723. The molecule has 160 valence electrons. The van der Waals surface area contributed by atoms with Crippen molar-refractivity contribution in [2.75, 3.05) is 13.1 Å². The predicted octanol–water partition coefficient (Wildman–Crippen LogP) is 1.56. The summed E-state index contributed by atoms with van der Waals surface area (Å²) < 4.78 is 5.66. The summed E-state index contributed by atoms with van der Waals surface area (Å²) in [6.07, 6.45) is 2.13. The molecule has 4 saturated heterocycles. The molecule has 0 spiro atoms. The molecule has 0 aliphatic carbocycles. The Balaban J connectivity index is 1.32. The van der Waals surface area contributed by atoms with Crippen LogP contribution in [0.2, 0.25) is 0 Å². The highest BCUT2D eigenvalue weighted by Crippen LogP contribution is 2.40. The summed E-state index contributed by atoms with van der Waals surface area (Å²) in [7, 11) is 0. The van der Waals surface area contributed by atoms with E-state index in [0.717, 1.165) is 19.3 Å². The van der Waals surface area contributed by atoms with E-state index in [1.54, 1.807) is 4.90 Å². The highest BCUT2D eigenvalue weighted by Gasteiger charge is 2.53. The second-order valence-electron chi connectivity index (χ2n) is 8.86. The van der Waals surface area contributed by atoms with Gasteiger partial charge in [0.25, 0.3) is 0 Å². The molecule has 1 aromatic carbocycles. The van der Waals surface area contributed by atoms with Crippen molar-refractivity contribution in [2.45, 2.75) is 68.4 Å². The van der Waals surface area contributed by atoms with Gasteiger partial charge in [-0.15, -0.1) is 0 Å². The molecular formula is C22H27N3O5. The molecule has 1 aromatic rings. The summed E-state index contributed by atoms with van der Waals surface area (Å²) in [4.78, 5) is 41.5. The normalized spacial score (nSPS) is 35.3. The van der Waals surface area contributed by atoms with E-state index in [4.69, 9.17) is 4.74 Å². The van der Waals surface area contributed by atoms with Gasteiger partial charge in [-0.25, -0.2) is 4.79 Å². The zero-order chi connectivity index (χ0) is 20.8. The number of hydrogen-bond acceptors (Lipinski definition) is 4. The van der Waals surface area contributed by atoms with E-state index in [9.17, 15) is 19.5 Å². The molecule has 2 N–H and O–H groups in total. The lowest BCUT2D eigenvalue weighted by atomic mass is 9.99. The first-order chi connectivity index (χ1) is 14.5. The standard InChI is InChI=1S/C22H27N3O5/c26-20-16(23-22(28)29)11-19-18(30-19)10-15-6-7-17(25(15)20)21(27)24-9-8-14(12-24)13-4-2-1-3-5-13/h1-5,14-19,23H,6-12H2,(H,28,29)/t14?,15-,16+,17+,18-,19+/m1/s1. The van der Waals surface area contributed by atoms with Crippen LogP contribution in [-0.2, 0) is 14.3 Å². The van der Waals surface area contributed by atoms with Gasteiger partial charge in [-0.3, -0.25) is 9.59 Å². The van der Waals surface area contributed by atoms with E-state index in [1.165, 1.54) is 5.56 Å². The lowest BCUT2D eigenvalue weighted by Crippen LogP contribution is -2.57. The zero-order valence-corrected chi connectivity index (χ0v) is 16.8. The largest absolute Gasteiger partial charge is 0.465 e. The number of epoxide rings is 1. The number of carboxylic acid groups (broad SMARTS) is 1. The monoisotopic (exact) mass is 413 g/mol. The summed E-state index contributed by atoms with van der Waals surface area (Å²) >= 11 is 0. The third kappa shape index (κ3) is 3.53. The number of likely N-dealkylation sites (tertiary alicyclic amines) is 1. The number of carbonyl (C=O) groups is 3. The molecule has 4 aliphatic heterocycles. The van der Waals surface area contributed by atoms with E-state index in [2.05, 4.69) is 17.4 Å². The van der Waals surface area contributed by atoms with Crippen molar-refractivity contribution in [2.24, 2.45) is 0 Å². The smallest absolute Gasteiger partial charge is 0.405 e. The van der Waals surface area contributed by atoms with Gasteiger partial charge in [0, 0.05) is 31.5 Å². The molecule has 4 aliphatic rings. The number of benzene rings is 1. The molecule has 6 atom stereocenters. The minimum atomic E-state index is -1.23. The van der Waals surface area contributed by atoms with Gasteiger partial charge in [0.15, 0.2) is 0 Å². The maximum absolute atomic E-state index is 13.4. The second kappa shape index (κ2) is 7.58. The molecule has 8 heteroatoms. The zero-order valence-electron chi connectivity index (χ0n) is 16.8. The molecule has 8 nitrogen and oxygen atoms in total. The summed E-state index contributed by atoms with van der Waals surface area (Å²) in [6.45, 7) is 1.35. The van der Waals surface area contributed by atoms with Gasteiger partial charge in [-0.05, 0) is 31.2 Å². The van der Waals surface area contributed by atoms with E-state index in [0.29, 0.717) is 31.8 Å². The van der Waals surface area contributed by atoms with Crippen LogP contribution in [0.15, 0.2) is 30.3 Å². The highest BCUT2D eigenvalue weighted by atomic mass is 16.6. The number of ether oxygens (including phenoxy) is 1. The molecule has 3 amide bonds. The van der Waals surface area contributed by atoms with Gasteiger partial charge in [0.2, 0.25) is 11.8 Å². The van der Waals surface area contributed by atoms with Crippen molar-refractivity contribution in [1.29, 1.82) is 0 Å². The molecular weight excluding hydrogens is 386 g/mol. The number of nitrogens with zero attached hydrogens (tertiary/aromatic N) is 2. The van der Waals surface area contributed by atoms with Crippen LogP contribution in [0.25, 0.3) is 0 Å². The lowest BCUT2D eigenvalue weighted by molar-refractivity contribution is -0.146. The SMILES string of the molecule is O=C(O)N[C@H]1C[C@@H]2O[C@@H]2C[C@H]2CC[C@@H](C(=O)N3CCC(c4ccccc4)C3)N2C1=O. The predicted molar refractivity (Wildman–Crippen MR) is 107 cm³/mol. The van der Waals surface area contributed by atoms with Gasteiger partial charge in [0.1, 0.15) is 12.1 Å². The van der Waals surface area contributed by atoms with Crippen LogP contribution in [0.1, 0.15) is 43.6 Å². The number of hydrogen-bond donors (Lipinski definition) is 2. The Hall–Kier alpha value is -2.61. The first-order valence-electron chi connectivity index (χ1n) is 10.8. The minimum Gasteiger partial charge on any atom is -0.465 e. The quantitative estimate of drug-likeness (QED) is 0.732. The third-order valence-electron chi connectivity index (χ3n) is 7.07. The van der Waals surface area contributed by atoms with Crippen molar-refractivity contribution in [1.82, 2.24) is 15.1 Å². The average Bonchev–Trinajstić information content (AvgIpc) is 3.12. The van der Waals surface area contributed by atoms with Crippen LogP contribution < -0.4 is 5.32 Å².